The molecule has 1 atom stereocenters. The zero-order valence-corrected chi connectivity index (χ0v) is 24.5. The molecule has 0 bridgehead atoms. The highest BCUT2D eigenvalue weighted by Crippen LogP contribution is 2.47. The minimum absolute atomic E-state index is 0.0152. The minimum atomic E-state index is -0.513. The van der Waals surface area contributed by atoms with Gasteiger partial charge in [0.2, 0.25) is 5.91 Å². The summed E-state index contributed by atoms with van der Waals surface area (Å²) in [5.41, 5.74) is 4.66. The van der Waals surface area contributed by atoms with Gasteiger partial charge in [-0.1, -0.05) is 71.9 Å². The highest BCUT2D eigenvalue weighted by atomic mass is 32.2. The van der Waals surface area contributed by atoms with Crippen LogP contribution in [0.5, 0.6) is 0 Å². The van der Waals surface area contributed by atoms with Crippen LogP contribution in [0.1, 0.15) is 55.8 Å². The second kappa shape index (κ2) is 12.8. The normalized spacial score (nSPS) is 19.0. The summed E-state index contributed by atoms with van der Waals surface area (Å²) in [6.07, 6.45) is 1.35. The third-order valence-electron chi connectivity index (χ3n) is 7.55. The second-order valence-corrected chi connectivity index (χ2v) is 11.1. The molecule has 214 valence electrons. The fourth-order valence-corrected chi connectivity index (χ4v) is 6.36. The summed E-state index contributed by atoms with van der Waals surface area (Å²) in [6, 6.07) is 17.2. The van der Waals surface area contributed by atoms with E-state index in [-0.39, 0.29) is 30.8 Å². The predicted octanol–water partition coefficient (Wildman–Crippen LogP) is 5.46. The van der Waals surface area contributed by atoms with Crippen LogP contribution in [0.25, 0.3) is 5.70 Å². The van der Waals surface area contributed by atoms with Crippen LogP contribution in [-0.4, -0.2) is 59.1 Å². The SMILES string of the molecule is CCOC(=O)C1=C(c2ccccc2)N=C2SC=C(CC(=O)N3CCC(C(=O)OCC)CC3)N2[C@H]1c1ccc(C)cc1. The quantitative estimate of drug-likeness (QED) is 0.388. The molecule has 0 radical (unpaired) electrons. The van der Waals surface area contributed by atoms with Crippen LogP contribution in [0.4, 0.5) is 0 Å². The van der Waals surface area contributed by atoms with E-state index in [1.54, 1.807) is 13.8 Å². The van der Waals surface area contributed by atoms with Gasteiger partial charge in [0, 0.05) is 24.4 Å². The largest absolute Gasteiger partial charge is 0.466 e. The van der Waals surface area contributed by atoms with Crippen LogP contribution in [0.15, 0.2) is 76.3 Å². The number of hydrogen-bond acceptors (Lipinski definition) is 8. The van der Waals surface area contributed by atoms with Gasteiger partial charge in [0.05, 0.1) is 42.9 Å². The van der Waals surface area contributed by atoms with Gasteiger partial charge < -0.3 is 19.3 Å². The lowest BCUT2D eigenvalue weighted by molar-refractivity contribution is -0.151. The predicted molar refractivity (Wildman–Crippen MR) is 159 cm³/mol. The van der Waals surface area contributed by atoms with E-state index in [1.165, 1.54) is 11.8 Å². The Balaban J connectivity index is 1.46. The first-order valence-corrected chi connectivity index (χ1v) is 15.0. The molecule has 1 amide bonds. The maximum Gasteiger partial charge on any atom is 0.338 e. The maximum absolute atomic E-state index is 13.6. The number of piperidine rings is 1. The zero-order valence-electron chi connectivity index (χ0n) is 23.7. The Morgan fingerprint density at radius 3 is 2.29 bits per heavy atom. The Hall–Kier alpha value is -3.85. The van der Waals surface area contributed by atoms with Crippen molar-refractivity contribution >= 4 is 40.5 Å². The molecule has 0 aliphatic carbocycles. The van der Waals surface area contributed by atoms with Crippen LogP contribution in [0.3, 0.4) is 0 Å². The molecule has 9 heteroatoms. The van der Waals surface area contributed by atoms with E-state index in [2.05, 4.69) is 0 Å². The van der Waals surface area contributed by atoms with Crippen LogP contribution >= 0.6 is 11.8 Å². The summed E-state index contributed by atoms with van der Waals surface area (Å²) in [7, 11) is 0. The number of aliphatic imine (C=N–C) groups is 1. The number of carbonyl (C=O) groups excluding carboxylic acids is 3. The first kappa shape index (κ1) is 28.7. The van der Waals surface area contributed by atoms with Crippen molar-refractivity contribution in [3.63, 3.8) is 0 Å². The van der Waals surface area contributed by atoms with E-state index in [0.29, 0.717) is 49.0 Å². The fourth-order valence-electron chi connectivity index (χ4n) is 5.44. The Labute approximate surface area is 245 Å². The van der Waals surface area contributed by atoms with Gasteiger partial charge in [0.25, 0.3) is 0 Å². The second-order valence-electron chi connectivity index (χ2n) is 10.2. The van der Waals surface area contributed by atoms with Crippen molar-refractivity contribution in [3.8, 4) is 0 Å². The third-order valence-corrected chi connectivity index (χ3v) is 8.43. The zero-order chi connectivity index (χ0) is 28.9. The fraction of sp³-hybridized carbons (Fsp3) is 0.375. The molecule has 0 saturated carbocycles. The number of rotatable bonds is 8. The number of ether oxygens (including phenoxy) is 2. The summed E-state index contributed by atoms with van der Waals surface area (Å²) in [5.74, 6) is -0.792. The number of nitrogens with zero attached hydrogens (tertiary/aromatic N) is 3. The highest BCUT2D eigenvalue weighted by molar-refractivity contribution is 8.16. The molecule has 1 fully saturated rings. The summed E-state index contributed by atoms with van der Waals surface area (Å²) < 4.78 is 10.8. The van der Waals surface area contributed by atoms with Crippen molar-refractivity contribution < 1.29 is 23.9 Å². The summed E-state index contributed by atoms with van der Waals surface area (Å²) in [6.45, 7) is 7.24. The van der Waals surface area contributed by atoms with Gasteiger partial charge in [0.1, 0.15) is 0 Å². The van der Waals surface area contributed by atoms with Gasteiger partial charge in [-0.25, -0.2) is 9.79 Å². The van der Waals surface area contributed by atoms with E-state index in [4.69, 9.17) is 14.5 Å². The van der Waals surface area contributed by atoms with Gasteiger partial charge in [-0.2, -0.15) is 0 Å². The van der Waals surface area contributed by atoms with Crippen LogP contribution in [0.2, 0.25) is 0 Å². The molecule has 3 aliphatic rings. The van der Waals surface area contributed by atoms with Crippen LogP contribution < -0.4 is 0 Å². The van der Waals surface area contributed by atoms with Crippen molar-refractivity contribution in [2.24, 2.45) is 10.9 Å². The van der Waals surface area contributed by atoms with E-state index < -0.39 is 12.0 Å². The Morgan fingerprint density at radius 2 is 1.63 bits per heavy atom. The average Bonchev–Trinajstić information content (AvgIpc) is 3.39. The number of esters is 2. The topological polar surface area (TPSA) is 88.5 Å². The molecular weight excluding hydrogens is 538 g/mol. The number of benzene rings is 2. The van der Waals surface area contributed by atoms with E-state index in [0.717, 1.165) is 22.4 Å². The van der Waals surface area contributed by atoms with Crippen molar-refractivity contribution in [1.82, 2.24) is 9.80 Å². The monoisotopic (exact) mass is 573 g/mol. The van der Waals surface area contributed by atoms with Gasteiger partial charge in [-0.05, 0) is 44.6 Å². The first-order valence-electron chi connectivity index (χ1n) is 14.1. The Morgan fingerprint density at radius 1 is 0.951 bits per heavy atom. The number of aryl methyl sites for hydroxylation is 1. The molecule has 0 aromatic heterocycles. The number of carbonyl (C=O) groups is 3. The number of fused-ring (bicyclic) bond motifs is 1. The molecule has 8 nitrogen and oxygen atoms in total. The lowest BCUT2D eigenvalue weighted by Gasteiger charge is -2.37. The molecule has 2 aromatic rings. The van der Waals surface area contributed by atoms with Gasteiger partial charge >= 0.3 is 11.9 Å². The number of amidine groups is 1. The summed E-state index contributed by atoms with van der Waals surface area (Å²) in [4.78, 5) is 48.1. The summed E-state index contributed by atoms with van der Waals surface area (Å²) in [5, 5.41) is 2.67. The molecule has 1 saturated heterocycles. The molecule has 0 unspecified atom stereocenters. The van der Waals surface area contributed by atoms with Crippen molar-refractivity contribution in [1.29, 1.82) is 0 Å². The number of likely N-dealkylation sites (tertiary alicyclic amines) is 1. The molecule has 0 N–H and O–H groups in total. The number of thioether (sulfide) groups is 1. The standard InChI is InChI=1S/C32H35N3O5S/c1-4-39-30(37)24-15-17-34(18-16-24)26(36)19-25-20-41-32-33-28(22-9-7-6-8-10-22)27(31(38)40-5-2)29(35(25)32)23-13-11-21(3)12-14-23/h6-14,20,24,29H,4-5,15-19H2,1-3H3/t29-/m0/s1. The Bertz CT molecular complexity index is 1390. The highest BCUT2D eigenvalue weighted by Gasteiger charge is 2.42. The molecule has 41 heavy (non-hydrogen) atoms. The van der Waals surface area contributed by atoms with Crippen LogP contribution in [0, 0.1) is 12.8 Å². The number of amides is 1. The lowest BCUT2D eigenvalue weighted by atomic mass is 9.91. The van der Waals surface area contributed by atoms with E-state index >= 15 is 0 Å². The summed E-state index contributed by atoms with van der Waals surface area (Å²) >= 11 is 1.46. The molecule has 2 aromatic carbocycles. The van der Waals surface area contributed by atoms with Crippen molar-refractivity contribution in [2.75, 3.05) is 26.3 Å². The van der Waals surface area contributed by atoms with Crippen molar-refractivity contribution in [2.45, 2.75) is 46.1 Å². The number of hydrogen-bond donors (Lipinski definition) is 0. The first-order chi connectivity index (χ1) is 19.9. The lowest BCUT2D eigenvalue weighted by Crippen LogP contribution is -2.42. The third kappa shape index (κ3) is 6.10. The van der Waals surface area contributed by atoms with Gasteiger partial charge in [-0.15, -0.1) is 0 Å². The minimum Gasteiger partial charge on any atom is -0.466 e. The molecular formula is C32H35N3O5S. The molecule has 5 rings (SSSR count). The van der Waals surface area contributed by atoms with E-state index in [1.807, 2.05) is 76.7 Å². The maximum atomic E-state index is 13.6. The molecule has 3 aliphatic heterocycles. The van der Waals surface area contributed by atoms with E-state index in [9.17, 15) is 14.4 Å². The van der Waals surface area contributed by atoms with Gasteiger partial charge in [-0.3, -0.25) is 9.59 Å². The molecule has 3 heterocycles. The average molecular weight is 574 g/mol. The van der Waals surface area contributed by atoms with Gasteiger partial charge in [0.15, 0.2) is 5.17 Å². The van der Waals surface area contributed by atoms with Crippen LogP contribution in [-0.2, 0) is 23.9 Å². The molecule has 0 spiro atoms. The van der Waals surface area contributed by atoms with Crippen molar-refractivity contribution in [3.05, 3.63) is 88.0 Å². The smallest absolute Gasteiger partial charge is 0.338 e. The Kier molecular flexibility index (Phi) is 8.93.